The number of aromatic nitrogens is 2. The highest BCUT2D eigenvalue weighted by molar-refractivity contribution is 5.96. The topological polar surface area (TPSA) is 158 Å². The lowest BCUT2D eigenvalue weighted by Gasteiger charge is -2.33. The van der Waals surface area contributed by atoms with Crippen LogP contribution < -0.4 is 10.7 Å². The van der Waals surface area contributed by atoms with Crippen LogP contribution in [-0.2, 0) is 43.3 Å². The van der Waals surface area contributed by atoms with Crippen LogP contribution in [-0.4, -0.2) is 92.3 Å². The van der Waals surface area contributed by atoms with E-state index in [0.717, 1.165) is 44.5 Å². The third-order valence-electron chi connectivity index (χ3n) is 12.0. The van der Waals surface area contributed by atoms with E-state index in [2.05, 4.69) is 60.9 Å². The number of nitrogens with zero attached hydrogens (tertiary/aromatic N) is 5. The van der Waals surface area contributed by atoms with Gasteiger partial charge in [0.25, 0.3) is 5.91 Å². The zero-order valence-corrected chi connectivity index (χ0v) is 34.9. The number of amides is 3. The summed E-state index contributed by atoms with van der Waals surface area (Å²) in [6.45, 7) is 15.0. The van der Waals surface area contributed by atoms with E-state index in [1.807, 2.05) is 25.1 Å². The lowest BCUT2D eigenvalue weighted by atomic mass is 9.84. The summed E-state index contributed by atoms with van der Waals surface area (Å²) in [6, 6.07) is 13.5. The molecular weight excluding hydrogens is 751 g/mol. The number of carbonyl (C=O) groups is 3. The van der Waals surface area contributed by atoms with E-state index >= 15 is 0 Å². The molecule has 4 aromatic rings. The van der Waals surface area contributed by atoms with E-state index in [0.29, 0.717) is 55.8 Å². The molecule has 0 aliphatic carbocycles. The van der Waals surface area contributed by atoms with Crippen LogP contribution in [0, 0.1) is 16.2 Å². The fraction of sp³-hybridized carbons (Fsp3) is 0.467. The molecular formula is C45H56N7O7+. The van der Waals surface area contributed by atoms with Crippen molar-refractivity contribution in [3.63, 3.8) is 0 Å². The number of methoxy groups -OCH3 is 1. The number of rotatable bonds is 7. The molecule has 14 nitrogen and oxygen atoms in total. The van der Waals surface area contributed by atoms with Gasteiger partial charge in [-0.1, -0.05) is 32.1 Å². The van der Waals surface area contributed by atoms with Crippen molar-refractivity contribution >= 4 is 28.6 Å². The number of hydrogen-bond donors (Lipinski definition) is 3. The standard InChI is InChI=1S/C45H55N7O7/c1-8-30-16-19-50(28(4)53)41(30)43(55)47-37-22-29-20-32(23-33(54)21-29)31-14-15-38-35(24-31)36(42(49(38)9-2)34-12-10-17-46-40(34)27(3)58-7)25-45(5,6)26-59-52(57)39-13-11-18-51(48-39)44(37)56/h8,10,12,14-15,17,20-21,23-24,27,30,37,39,41,48H,1,9,11,13,16,18-19,22,25-26H2,2-7H3,(H-,47,54,55)/p+1/t27-,30-,37-,39+,41-/m0/s1. The monoisotopic (exact) mass is 806 g/mol. The predicted molar refractivity (Wildman–Crippen MR) is 223 cm³/mol. The number of benzene rings is 2. The van der Waals surface area contributed by atoms with Gasteiger partial charge in [0, 0.05) is 80.5 Å². The minimum atomic E-state index is -1.11. The second-order valence-corrected chi connectivity index (χ2v) is 16.8. The molecule has 5 heterocycles. The van der Waals surface area contributed by atoms with E-state index in [1.165, 1.54) is 16.8 Å². The molecule has 3 aliphatic heterocycles. The van der Waals surface area contributed by atoms with Gasteiger partial charge in [-0.2, -0.15) is 5.43 Å². The minimum absolute atomic E-state index is 0.00633. The largest absolute Gasteiger partial charge is 0.508 e. The van der Waals surface area contributed by atoms with Gasteiger partial charge in [-0.3, -0.25) is 24.4 Å². The summed E-state index contributed by atoms with van der Waals surface area (Å²) in [5, 5.41) is 16.6. The van der Waals surface area contributed by atoms with Crippen molar-refractivity contribution in [3.8, 4) is 28.1 Å². The van der Waals surface area contributed by atoms with Crippen molar-refractivity contribution in [2.24, 2.45) is 11.3 Å². The molecule has 312 valence electrons. The smallest absolute Gasteiger partial charge is 0.326 e. The van der Waals surface area contributed by atoms with E-state index < -0.39 is 35.5 Å². The van der Waals surface area contributed by atoms with Crippen molar-refractivity contribution in [2.75, 3.05) is 26.8 Å². The van der Waals surface area contributed by atoms with E-state index in [9.17, 15) is 24.4 Å². The SMILES string of the molecule is C=C[C@H]1CCN(C(C)=O)[C@@H]1C(=O)N[C@H]1Cc2cc(O)cc(c2)-c2ccc3c(c2)c(c(-c2cccnc2[C@H](C)OC)n3CC)CC(C)(C)CO[N+](=O)[C@@H]2CCCN(N2)C1=O. The second-order valence-electron chi connectivity index (χ2n) is 16.8. The molecule has 3 amide bonds. The summed E-state index contributed by atoms with van der Waals surface area (Å²) in [4.78, 5) is 67.7. The molecule has 0 spiro atoms. The third kappa shape index (κ3) is 8.33. The van der Waals surface area contributed by atoms with Gasteiger partial charge in [0.1, 0.15) is 17.8 Å². The maximum Gasteiger partial charge on any atom is 0.326 e. The van der Waals surface area contributed by atoms with Crippen LogP contribution >= 0.6 is 0 Å². The van der Waals surface area contributed by atoms with Gasteiger partial charge in [0.05, 0.1) is 22.4 Å². The third-order valence-corrected chi connectivity index (χ3v) is 12.0. The van der Waals surface area contributed by atoms with Crippen molar-refractivity contribution in [3.05, 3.63) is 89.1 Å². The van der Waals surface area contributed by atoms with Gasteiger partial charge in [0.15, 0.2) is 6.61 Å². The average molecular weight is 807 g/mol. The van der Waals surface area contributed by atoms with Gasteiger partial charge in [-0.25, -0.2) is 4.84 Å². The Hall–Kier alpha value is -5.60. The number of pyridine rings is 1. The molecule has 3 N–H and O–H groups in total. The first kappa shape index (κ1) is 41.6. The first-order valence-corrected chi connectivity index (χ1v) is 20.6. The number of phenolic OH excluding ortho intramolecular Hbond substituents is 1. The van der Waals surface area contributed by atoms with Crippen molar-refractivity contribution in [2.45, 2.75) is 97.6 Å². The maximum atomic E-state index is 14.5. The van der Waals surface area contributed by atoms with Gasteiger partial charge in [-0.15, -0.1) is 6.58 Å². The van der Waals surface area contributed by atoms with Gasteiger partial charge in [0.2, 0.25) is 16.7 Å². The Balaban J connectivity index is 1.38. The molecule has 0 saturated carbocycles. The molecule has 59 heavy (non-hydrogen) atoms. The highest BCUT2D eigenvalue weighted by atomic mass is 16.8. The highest BCUT2D eigenvalue weighted by Crippen LogP contribution is 2.42. The van der Waals surface area contributed by atoms with Crippen LogP contribution in [0.25, 0.3) is 33.3 Å². The van der Waals surface area contributed by atoms with E-state index in [4.69, 9.17) is 14.6 Å². The Morgan fingerprint density at radius 3 is 2.69 bits per heavy atom. The molecule has 14 heteroatoms. The molecule has 2 aromatic heterocycles. The highest BCUT2D eigenvalue weighted by Gasteiger charge is 2.43. The Labute approximate surface area is 345 Å². The summed E-state index contributed by atoms with van der Waals surface area (Å²) in [7, 11) is 1.67. The van der Waals surface area contributed by atoms with Crippen molar-refractivity contribution < 1.29 is 34.0 Å². The van der Waals surface area contributed by atoms with Crippen LogP contribution in [0.2, 0.25) is 0 Å². The number of carbonyl (C=O) groups excluding carboxylic acids is 3. The molecule has 3 aliphatic rings. The fourth-order valence-electron chi connectivity index (χ4n) is 9.00. The number of aromatic hydroxyl groups is 1. The van der Waals surface area contributed by atoms with E-state index in [-0.39, 0.29) is 36.7 Å². The summed E-state index contributed by atoms with van der Waals surface area (Å²) < 4.78 is 8.08. The number of likely N-dealkylation sites (tertiary alicyclic amines) is 1. The zero-order chi connectivity index (χ0) is 42.2. The number of fused-ring (bicyclic) bond motifs is 6. The number of nitrogens with one attached hydrogen (secondary N) is 2. The van der Waals surface area contributed by atoms with Crippen LogP contribution in [0.15, 0.2) is 67.4 Å². The van der Waals surface area contributed by atoms with Crippen LogP contribution in [0.5, 0.6) is 5.75 Å². The van der Waals surface area contributed by atoms with Crippen LogP contribution in [0.1, 0.15) is 76.8 Å². The average Bonchev–Trinajstić information content (AvgIpc) is 3.80. The summed E-state index contributed by atoms with van der Waals surface area (Å²) in [6.07, 6.45) is 4.40. The zero-order valence-electron chi connectivity index (χ0n) is 34.9. The number of phenols is 1. The Kier molecular flexibility index (Phi) is 11.9. The first-order chi connectivity index (χ1) is 28.2. The number of hydrazine groups is 1. The van der Waals surface area contributed by atoms with Gasteiger partial charge < -0.3 is 24.6 Å². The molecule has 2 saturated heterocycles. The molecule has 0 unspecified atom stereocenters. The Bertz CT molecular complexity index is 2290. The van der Waals surface area contributed by atoms with Crippen molar-refractivity contribution in [1.29, 1.82) is 0 Å². The Morgan fingerprint density at radius 1 is 1.17 bits per heavy atom. The summed E-state index contributed by atoms with van der Waals surface area (Å²) >= 11 is 0. The molecule has 5 atom stereocenters. The number of aryl methyl sites for hydroxylation is 1. The predicted octanol–water partition coefficient (Wildman–Crippen LogP) is 6.00. The van der Waals surface area contributed by atoms with Crippen molar-refractivity contribution in [1.82, 2.24) is 30.2 Å². The minimum Gasteiger partial charge on any atom is -0.508 e. The first-order valence-electron chi connectivity index (χ1n) is 20.6. The maximum absolute atomic E-state index is 14.5. The summed E-state index contributed by atoms with van der Waals surface area (Å²) in [5.74, 6) is -1.45. The lowest BCUT2D eigenvalue weighted by molar-refractivity contribution is -0.835. The molecule has 0 radical (unpaired) electrons. The van der Waals surface area contributed by atoms with Gasteiger partial charge >= 0.3 is 6.17 Å². The second kappa shape index (κ2) is 16.9. The van der Waals surface area contributed by atoms with Crippen LogP contribution in [0.3, 0.4) is 0 Å². The quantitative estimate of drug-likeness (QED) is 0.191. The van der Waals surface area contributed by atoms with Gasteiger partial charge in [-0.05, 0) is 91.8 Å². The van der Waals surface area contributed by atoms with Crippen LogP contribution in [0.4, 0.5) is 0 Å². The molecule has 2 aromatic carbocycles. The lowest BCUT2D eigenvalue weighted by Crippen LogP contribution is -2.62. The molecule has 6 bridgehead atoms. The van der Waals surface area contributed by atoms with E-state index in [1.54, 1.807) is 31.5 Å². The fourth-order valence-corrected chi connectivity index (χ4v) is 9.00. The normalized spacial score (nSPS) is 22.7. The summed E-state index contributed by atoms with van der Waals surface area (Å²) in [5.41, 5.74) is 9.57. The Morgan fingerprint density at radius 2 is 1.97 bits per heavy atom. The molecule has 2 fully saturated rings. The molecule has 7 rings (SSSR count). The number of hydrogen-bond acceptors (Lipinski definition) is 9. The number of ether oxygens (including phenoxy) is 1.